The van der Waals surface area contributed by atoms with Gasteiger partial charge in [0.15, 0.2) is 5.58 Å². The molecule has 0 fully saturated rings. The lowest BCUT2D eigenvalue weighted by atomic mass is 9.99. The number of para-hydroxylation sites is 1. The van der Waals surface area contributed by atoms with E-state index in [1.807, 2.05) is 30.3 Å². The molecule has 2 aromatic heterocycles. The highest BCUT2D eigenvalue weighted by atomic mass is 32.1. The fourth-order valence-electron chi connectivity index (χ4n) is 7.28. The first kappa shape index (κ1) is 31.0. The number of oxazole rings is 1. The maximum atomic E-state index is 6.32. The van der Waals surface area contributed by atoms with Gasteiger partial charge in [0.05, 0.1) is 5.69 Å². The molecule has 10 rings (SSSR count). The van der Waals surface area contributed by atoms with Crippen molar-refractivity contribution in [3.05, 3.63) is 194 Å². The molecule has 8 aromatic carbocycles. The van der Waals surface area contributed by atoms with Crippen molar-refractivity contribution in [1.29, 1.82) is 0 Å². The maximum Gasteiger partial charge on any atom is 0.227 e. The molecule has 0 spiro atoms. The monoisotopic (exact) mass is 696 g/mol. The summed E-state index contributed by atoms with van der Waals surface area (Å²) in [6, 6.07) is 68.8. The van der Waals surface area contributed by atoms with Crippen LogP contribution < -0.4 is 4.90 Å². The van der Waals surface area contributed by atoms with Gasteiger partial charge in [0.1, 0.15) is 5.52 Å². The average molecular weight is 697 g/mol. The first-order valence-corrected chi connectivity index (χ1v) is 18.6. The zero-order valence-electron chi connectivity index (χ0n) is 28.7. The lowest BCUT2D eigenvalue weighted by molar-refractivity contribution is 0.620. The Kier molecular flexibility index (Phi) is 7.67. The first-order valence-electron chi connectivity index (χ1n) is 17.8. The smallest absolute Gasteiger partial charge is 0.227 e. The number of nitrogens with zero attached hydrogens (tertiary/aromatic N) is 2. The molecule has 53 heavy (non-hydrogen) atoms. The van der Waals surface area contributed by atoms with Crippen LogP contribution in [0.3, 0.4) is 0 Å². The number of hydrogen-bond donors (Lipinski definition) is 0. The lowest BCUT2D eigenvalue weighted by Gasteiger charge is -2.28. The Morgan fingerprint density at radius 2 is 0.943 bits per heavy atom. The van der Waals surface area contributed by atoms with Gasteiger partial charge >= 0.3 is 0 Å². The normalized spacial score (nSPS) is 11.4. The third kappa shape index (κ3) is 5.76. The Bertz CT molecular complexity index is 2860. The molecule has 0 aliphatic rings. The summed E-state index contributed by atoms with van der Waals surface area (Å²) in [7, 11) is 0. The van der Waals surface area contributed by atoms with Gasteiger partial charge in [0, 0.05) is 42.7 Å². The molecule has 2 heterocycles. The fourth-order valence-corrected chi connectivity index (χ4v) is 8.38. The number of benzene rings is 8. The van der Waals surface area contributed by atoms with Gasteiger partial charge in [-0.25, -0.2) is 4.98 Å². The molecule has 4 heteroatoms. The summed E-state index contributed by atoms with van der Waals surface area (Å²) in [6.07, 6.45) is 0. The fraction of sp³-hybridized carbons (Fsp3) is 0. The van der Waals surface area contributed by atoms with Gasteiger partial charge in [-0.05, 0) is 88.5 Å². The Labute approximate surface area is 311 Å². The third-order valence-electron chi connectivity index (χ3n) is 9.92. The molecule has 0 bridgehead atoms. The van der Waals surface area contributed by atoms with E-state index >= 15 is 0 Å². The SMILES string of the molecule is c1ccc(-c2ccc(-c3ccc(N(c4ccc5sc6cc7nc(-c8ccccc8)oc7cc6c5c4)c4ccccc4-c4ccccc4)cc3)cc2)cc1. The molecule has 250 valence electrons. The number of rotatable bonds is 7. The second kappa shape index (κ2) is 13.1. The van der Waals surface area contributed by atoms with E-state index in [-0.39, 0.29) is 0 Å². The van der Waals surface area contributed by atoms with E-state index in [0.717, 1.165) is 33.7 Å². The van der Waals surface area contributed by atoms with Crippen LogP contribution in [0.1, 0.15) is 0 Å². The molecule has 0 aliphatic carbocycles. The number of fused-ring (bicyclic) bond motifs is 4. The molecule has 0 amide bonds. The minimum absolute atomic E-state index is 0.641. The number of anilines is 3. The van der Waals surface area contributed by atoms with E-state index < -0.39 is 0 Å². The predicted octanol–water partition coefficient (Wildman–Crippen LogP) is 14.3. The summed E-state index contributed by atoms with van der Waals surface area (Å²) >= 11 is 1.79. The third-order valence-corrected chi connectivity index (χ3v) is 11.1. The van der Waals surface area contributed by atoms with Crippen molar-refractivity contribution in [1.82, 2.24) is 4.98 Å². The number of aromatic nitrogens is 1. The van der Waals surface area contributed by atoms with Crippen LogP contribution in [0.2, 0.25) is 0 Å². The van der Waals surface area contributed by atoms with Gasteiger partial charge in [-0.2, -0.15) is 0 Å². The van der Waals surface area contributed by atoms with Gasteiger partial charge in [0.2, 0.25) is 5.89 Å². The highest BCUT2D eigenvalue weighted by Crippen LogP contribution is 2.45. The molecular formula is C49H32N2OS. The average Bonchev–Trinajstić information content (AvgIpc) is 3.82. The van der Waals surface area contributed by atoms with Crippen LogP contribution in [0, 0.1) is 0 Å². The Hall–Kier alpha value is -6.75. The van der Waals surface area contributed by atoms with E-state index in [4.69, 9.17) is 9.40 Å². The standard InChI is InChI=1S/C49H32N2OS/c1-4-12-33(13-5-1)34-20-22-35(23-21-34)36-24-26-39(27-25-36)51(45-19-11-10-18-41(45)37-14-6-2-7-15-37)40-28-29-47-42(30-40)43-31-46-44(32-48(43)53-47)50-49(52-46)38-16-8-3-9-17-38/h1-32H. The quantitative estimate of drug-likeness (QED) is 0.166. The molecule has 3 nitrogen and oxygen atoms in total. The van der Waals surface area contributed by atoms with Crippen LogP contribution in [0.15, 0.2) is 199 Å². The summed E-state index contributed by atoms with van der Waals surface area (Å²) in [6.45, 7) is 0. The molecule has 0 unspecified atom stereocenters. The van der Waals surface area contributed by atoms with Crippen LogP contribution >= 0.6 is 11.3 Å². The zero-order valence-corrected chi connectivity index (χ0v) is 29.5. The number of hydrogen-bond acceptors (Lipinski definition) is 4. The summed E-state index contributed by atoms with van der Waals surface area (Å²) in [4.78, 5) is 7.23. The van der Waals surface area contributed by atoms with Crippen LogP contribution in [0.25, 0.3) is 76.1 Å². The molecule has 0 saturated heterocycles. The van der Waals surface area contributed by atoms with Gasteiger partial charge in [-0.3, -0.25) is 0 Å². The highest BCUT2D eigenvalue weighted by Gasteiger charge is 2.19. The van der Waals surface area contributed by atoms with Gasteiger partial charge in [0.25, 0.3) is 0 Å². The van der Waals surface area contributed by atoms with Crippen molar-refractivity contribution in [2.45, 2.75) is 0 Å². The van der Waals surface area contributed by atoms with Crippen LogP contribution in [0.4, 0.5) is 17.1 Å². The zero-order chi connectivity index (χ0) is 35.1. The van der Waals surface area contributed by atoms with Crippen molar-refractivity contribution in [2.75, 3.05) is 4.90 Å². The molecule has 0 saturated carbocycles. The Morgan fingerprint density at radius 1 is 0.415 bits per heavy atom. The van der Waals surface area contributed by atoms with Gasteiger partial charge in [-0.15, -0.1) is 11.3 Å². The van der Waals surface area contributed by atoms with Gasteiger partial charge in [-0.1, -0.05) is 133 Å². The molecule has 0 N–H and O–H groups in total. The van der Waals surface area contributed by atoms with Crippen LogP contribution in [-0.2, 0) is 0 Å². The molecule has 0 aliphatic heterocycles. The Balaban J connectivity index is 1.09. The van der Waals surface area contributed by atoms with E-state index in [0.29, 0.717) is 5.89 Å². The lowest BCUT2D eigenvalue weighted by Crippen LogP contribution is -2.11. The maximum absolute atomic E-state index is 6.32. The first-order chi connectivity index (χ1) is 26.2. The number of thiophene rings is 1. The summed E-state index contributed by atoms with van der Waals surface area (Å²) < 4.78 is 8.74. The van der Waals surface area contributed by atoms with Crippen molar-refractivity contribution < 1.29 is 4.42 Å². The second-order valence-corrected chi connectivity index (χ2v) is 14.3. The molecule has 0 radical (unpaired) electrons. The second-order valence-electron chi connectivity index (χ2n) is 13.2. The Morgan fingerprint density at radius 3 is 1.62 bits per heavy atom. The van der Waals surface area contributed by atoms with E-state index in [1.54, 1.807) is 11.3 Å². The predicted molar refractivity (Wildman–Crippen MR) is 223 cm³/mol. The van der Waals surface area contributed by atoms with Crippen molar-refractivity contribution in [2.24, 2.45) is 0 Å². The molecular weight excluding hydrogens is 665 g/mol. The summed E-state index contributed by atoms with van der Waals surface area (Å²) in [5.74, 6) is 0.641. The summed E-state index contributed by atoms with van der Waals surface area (Å²) in [5.41, 5.74) is 13.1. The van der Waals surface area contributed by atoms with E-state index in [2.05, 4.69) is 169 Å². The van der Waals surface area contributed by atoms with Crippen molar-refractivity contribution in [3.8, 4) is 44.8 Å². The molecule has 0 atom stereocenters. The van der Waals surface area contributed by atoms with Gasteiger partial charge < -0.3 is 9.32 Å². The van der Waals surface area contributed by atoms with E-state index in [9.17, 15) is 0 Å². The van der Waals surface area contributed by atoms with Crippen LogP contribution in [-0.4, -0.2) is 4.98 Å². The highest BCUT2D eigenvalue weighted by molar-refractivity contribution is 7.25. The largest absolute Gasteiger partial charge is 0.436 e. The van der Waals surface area contributed by atoms with Crippen LogP contribution in [0.5, 0.6) is 0 Å². The van der Waals surface area contributed by atoms with Crippen molar-refractivity contribution in [3.63, 3.8) is 0 Å². The summed E-state index contributed by atoms with van der Waals surface area (Å²) in [5, 5.41) is 2.36. The topological polar surface area (TPSA) is 29.3 Å². The minimum atomic E-state index is 0.641. The van der Waals surface area contributed by atoms with E-state index in [1.165, 1.54) is 53.6 Å². The molecule has 10 aromatic rings. The minimum Gasteiger partial charge on any atom is -0.436 e. The van der Waals surface area contributed by atoms with Crippen molar-refractivity contribution >= 4 is 59.7 Å².